The van der Waals surface area contributed by atoms with E-state index in [0.29, 0.717) is 18.0 Å². The van der Waals surface area contributed by atoms with Crippen LogP contribution in [0.1, 0.15) is 17.2 Å². The lowest BCUT2D eigenvalue weighted by atomic mass is 10.1. The zero-order valence-electron chi connectivity index (χ0n) is 13.4. The molecule has 0 amide bonds. The van der Waals surface area contributed by atoms with E-state index in [9.17, 15) is 8.42 Å². The second-order valence-corrected chi connectivity index (χ2v) is 7.72. The summed E-state index contributed by atoms with van der Waals surface area (Å²) in [4.78, 5) is 9.26. The molecular formula is C18H19N3O2S. The summed E-state index contributed by atoms with van der Waals surface area (Å²) in [5.41, 5.74) is 2.11. The van der Waals surface area contributed by atoms with Crippen molar-refractivity contribution in [1.29, 1.82) is 0 Å². The summed E-state index contributed by atoms with van der Waals surface area (Å²) in [7, 11) is -3.18. The van der Waals surface area contributed by atoms with Gasteiger partial charge in [0.2, 0.25) is 0 Å². The molecule has 1 unspecified atom stereocenters. The Morgan fingerprint density at radius 2 is 1.83 bits per heavy atom. The van der Waals surface area contributed by atoms with E-state index in [1.54, 1.807) is 24.3 Å². The number of nitrogens with one attached hydrogen (secondary N) is 1. The second kappa shape index (κ2) is 6.97. The minimum Gasteiger partial charge on any atom is -0.360 e. The van der Waals surface area contributed by atoms with E-state index >= 15 is 0 Å². The first-order chi connectivity index (χ1) is 11.5. The van der Waals surface area contributed by atoms with Crippen molar-refractivity contribution in [2.45, 2.75) is 17.5 Å². The van der Waals surface area contributed by atoms with Crippen LogP contribution in [0.25, 0.3) is 0 Å². The molecule has 0 radical (unpaired) electrons. The van der Waals surface area contributed by atoms with Crippen molar-refractivity contribution in [2.24, 2.45) is 9.98 Å². The molecule has 1 aliphatic heterocycles. The second-order valence-electron chi connectivity index (χ2n) is 5.70. The van der Waals surface area contributed by atoms with Crippen LogP contribution in [0, 0.1) is 0 Å². The molecule has 2 aromatic carbocycles. The Hall–Kier alpha value is -2.47. The van der Waals surface area contributed by atoms with Crippen molar-refractivity contribution in [3.8, 4) is 0 Å². The molecular weight excluding hydrogens is 322 g/mol. The Morgan fingerprint density at radius 3 is 2.50 bits per heavy atom. The number of amidine groups is 1. The van der Waals surface area contributed by atoms with Gasteiger partial charge in [-0.3, -0.25) is 9.98 Å². The fraction of sp³-hybridized carbons (Fsp3) is 0.222. The Morgan fingerprint density at radius 1 is 1.12 bits per heavy atom. The molecule has 0 aliphatic carbocycles. The van der Waals surface area contributed by atoms with Gasteiger partial charge < -0.3 is 5.32 Å². The van der Waals surface area contributed by atoms with Gasteiger partial charge in [0.05, 0.1) is 24.0 Å². The average Bonchev–Trinajstić information content (AvgIpc) is 2.60. The topological polar surface area (TPSA) is 70.9 Å². The third kappa shape index (κ3) is 4.08. The first-order valence-corrected chi connectivity index (χ1v) is 9.55. The van der Waals surface area contributed by atoms with Crippen molar-refractivity contribution < 1.29 is 8.42 Å². The number of rotatable bonds is 4. The third-order valence-corrected chi connectivity index (χ3v) is 4.91. The normalized spacial score (nSPS) is 19.2. The van der Waals surface area contributed by atoms with Crippen molar-refractivity contribution in [1.82, 2.24) is 5.32 Å². The molecule has 0 aromatic heterocycles. The van der Waals surface area contributed by atoms with Gasteiger partial charge in [0.25, 0.3) is 0 Å². The minimum absolute atomic E-state index is 0.0955. The summed E-state index contributed by atoms with van der Waals surface area (Å²) in [5, 5.41) is 3.35. The van der Waals surface area contributed by atoms with Gasteiger partial charge in [-0.15, -0.1) is 0 Å². The zero-order chi connectivity index (χ0) is 17.0. The van der Waals surface area contributed by atoms with Crippen LogP contribution in [0.3, 0.4) is 0 Å². The SMILES string of the molecule is CS(=O)(=O)c1ccc(C2C=NCC(=NCc3ccccc3)N2)cc1. The summed E-state index contributed by atoms with van der Waals surface area (Å²) >= 11 is 0. The minimum atomic E-state index is -3.18. The molecule has 1 N–H and O–H groups in total. The third-order valence-electron chi connectivity index (χ3n) is 3.78. The van der Waals surface area contributed by atoms with Gasteiger partial charge in [-0.2, -0.15) is 0 Å². The standard InChI is InChI=1S/C18H19N3O2S/c1-24(22,23)16-9-7-15(8-10-16)17-12-19-13-18(21-17)20-11-14-5-3-2-4-6-14/h2-10,12,17H,11,13H2,1H3,(H,20,21). The summed E-state index contributed by atoms with van der Waals surface area (Å²) in [6.45, 7) is 1.14. The number of benzene rings is 2. The van der Waals surface area contributed by atoms with E-state index in [2.05, 4.69) is 15.3 Å². The van der Waals surface area contributed by atoms with E-state index in [1.807, 2.05) is 36.5 Å². The first-order valence-electron chi connectivity index (χ1n) is 7.66. The largest absolute Gasteiger partial charge is 0.360 e. The zero-order valence-corrected chi connectivity index (χ0v) is 14.2. The van der Waals surface area contributed by atoms with Gasteiger partial charge >= 0.3 is 0 Å². The van der Waals surface area contributed by atoms with Crippen LogP contribution in [-0.4, -0.2) is 33.3 Å². The van der Waals surface area contributed by atoms with Crippen LogP contribution in [0.4, 0.5) is 0 Å². The molecule has 0 saturated heterocycles. The lowest BCUT2D eigenvalue weighted by Gasteiger charge is -2.21. The number of aliphatic imine (C=N–C) groups is 2. The molecule has 2 aromatic rings. The quantitative estimate of drug-likeness (QED) is 0.928. The predicted molar refractivity (Wildman–Crippen MR) is 96.4 cm³/mol. The van der Waals surface area contributed by atoms with Gasteiger partial charge in [0.1, 0.15) is 5.84 Å². The van der Waals surface area contributed by atoms with E-state index in [4.69, 9.17) is 0 Å². The maximum Gasteiger partial charge on any atom is 0.175 e. The Bertz CT molecular complexity index is 857. The predicted octanol–water partition coefficient (Wildman–Crippen LogP) is 2.40. The fourth-order valence-corrected chi connectivity index (χ4v) is 3.10. The smallest absolute Gasteiger partial charge is 0.175 e. The van der Waals surface area contributed by atoms with E-state index in [0.717, 1.165) is 17.0 Å². The average molecular weight is 341 g/mol. The molecule has 1 aliphatic rings. The molecule has 0 fully saturated rings. The van der Waals surface area contributed by atoms with Crippen molar-refractivity contribution in [3.63, 3.8) is 0 Å². The lowest BCUT2D eigenvalue weighted by molar-refractivity contribution is 0.602. The van der Waals surface area contributed by atoms with Crippen LogP contribution in [-0.2, 0) is 16.4 Å². The molecule has 0 saturated carbocycles. The molecule has 24 heavy (non-hydrogen) atoms. The maximum absolute atomic E-state index is 11.5. The van der Waals surface area contributed by atoms with E-state index < -0.39 is 9.84 Å². The molecule has 0 spiro atoms. The number of hydrogen-bond donors (Lipinski definition) is 1. The molecule has 124 valence electrons. The lowest BCUT2D eigenvalue weighted by Crippen LogP contribution is -2.35. The van der Waals surface area contributed by atoms with Crippen LogP contribution >= 0.6 is 0 Å². The van der Waals surface area contributed by atoms with Crippen LogP contribution in [0.2, 0.25) is 0 Å². The van der Waals surface area contributed by atoms with Crippen LogP contribution in [0.5, 0.6) is 0 Å². The molecule has 5 nitrogen and oxygen atoms in total. The number of nitrogens with zero attached hydrogens (tertiary/aromatic N) is 2. The fourth-order valence-electron chi connectivity index (χ4n) is 2.46. The summed E-state index contributed by atoms with van der Waals surface area (Å²) in [6, 6.07) is 16.8. The maximum atomic E-state index is 11.5. The van der Waals surface area contributed by atoms with E-state index in [-0.39, 0.29) is 6.04 Å². The highest BCUT2D eigenvalue weighted by atomic mass is 32.2. The summed E-state index contributed by atoms with van der Waals surface area (Å²) in [5.74, 6) is 0.832. The highest BCUT2D eigenvalue weighted by molar-refractivity contribution is 7.90. The van der Waals surface area contributed by atoms with Crippen molar-refractivity contribution in [3.05, 3.63) is 65.7 Å². The first kappa shape index (κ1) is 16.4. The Kier molecular flexibility index (Phi) is 4.76. The summed E-state index contributed by atoms with van der Waals surface area (Å²) in [6.07, 6.45) is 3.04. The number of sulfone groups is 1. The van der Waals surface area contributed by atoms with Gasteiger partial charge in [-0.05, 0) is 23.3 Å². The van der Waals surface area contributed by atoms with Crippen molar-refractivity contribution in [2.75, 3.05) is 12.8 Å². The highest BCUT2D eigenvalue weighted by Gasteiger charge is 2.16. The van der Waals surface area contributed by atoms with Gasteiger partial charge in [-0.25, -0.2) is 8.42 Å². The Labute approximate surface area is 142 Å². The van der Waals surface area contributed by atoms with E-state index in [1.165, 1.54) is 6.26 Å². The monoisotopic (exact) mass is 341 g/mol. The molecule has 6 heteroatoms. The highest BCUT2D eigenvalue weighted by Crippen LogP contribution is 2.17. The van der Waals surface area contributed by atoms with Crippen LogP contribution in [0.15, 0.2) is 69.5 Å². The molecule has 1 heterocycles. The number of hydrogen-bond acceptors (Lipinski definition) is 4. The van der Waals surface area contributed by atoms with Crippen molar-refractivity contribution >= 4 is 21.9 Å². The van der Waals surface area contributed by atoms with Gasteiger partial charge in [-0.1, -0.05) is 42.5 Å². The van der Waals surface area contributed by atoms with Gasteiger partial charge in [0, 0.05) is 12.5 Å². The Balaban J connectivity index is 1.71. The molecule has 3 rings (SSSR count). The molecule has 1 atom stereocenters. The van der Waals surface area contributed by atoms with Gasteiger partial charge in [0.15, 0.2) is 9.84 Å². The molecule has 0 bridgehead atoms. The summed E-state index contributed by atoms with van der Waals surface area (Å²) < 4.78 is 23.1. The van der Waals surface area contributed by atoms with Crippen LogP contribution < -0.4 is 5.32 Å².